The monoisotopic (exact) mass is 405 g/mol. The Morgan fingerprint density at radius 3 is 2.69 bits per heavy atom. The number of nitrogens with two attached hydrogens (primary N) is 1. The summed E-state index contributed by atoms with van der Waals surface area (Å²) in [7, 11) is 0. The van der Waals surface area contributed by atoms with Crippen LogP contribution in [0.15, 0.2) is 36.7 Å². The van der Waals surface area contributed by atoms with Gasteiger partial charge in [0.2, 0.25) is 5.91 Å². The number of nitrogens with one attached hydrogen (secondary N) is 1. The van der Waals surface area contributed by atoms with Crippen LogP contribution < -0.4 is 15.8 Å². The van der Waals surface area contributed by atoms with E-state index >= 15 is 0 Å². The van der Waals surface area contributed by atoms with E-state index in [9.17, 15) is 14.4 Å². The van der Waals surface area contributed by atoms with Gasteiger partial charge in [0, 0.05) is 18.9 Å². The average molecular weight is 405 g/mol. The summed E-state index contributed by atoms with van der Waals surface area (Å²) in [6.45, 7) is 10.6. The molecule has 1 aliphatic heterocycles. The standard InChI is InChI=1S/C19H27N5O5/c1-6-9-28-17-21-7-8-23(17)16(26)22-13-10-12(2)14(15(20)25)24(11-13)18(27)29-19(3,4)5/h6-8,10,13-14H,1,9,11H2,2-5H3,(H2,20,25)(H,22,26). The first kappa shape index (κ1) is 22.0. The number of primary amides is 1. The number of rotatable bonds is 5. The van der Waals surface area contributed by atoms with E-state index in [4.69, 9.17) is 15.2 Å². The molecule has 3 amide bonds. The van der Waals surface area contributed by atoms with Crippen molar-refractivity contribution in [3.05, 3.63) is 36.7 Å². The van der Waals surface area contributed by atoms with Gasteiger partial charge in [0.1, 0.15) is 18.2 Å². The smallest absolute Gasteiger partial charge is 0.411 e. The Hall–Kier alpha value is -3.30. The zero-order valence-electron chi connectivity index (χ0n) is 17.0. The summed E-state index contributed by atoms with van der Waals surface area (Å²) < 4.78 is 11.9. The summed E-state index contributed by atoms with van der Waals surface area (Å²) >= 11 is 0. The van der Waals surface area contributed by atoms with Crippen LogP contribution in [0, 0.1) is 0 Å². The van der Waals surface area contributed by atoms with Crippen molar-refractivity contribution in [3.8, 4) is 6.01 Å². The number of hydrogen-bond acceptors (Lipinski definition) is 6. The summed E-state index contributed by atoms with van der Waals surface area (Å²) in [6, 6.07) is -1.91. The zero-order chi connectivity index (χ0) is 21.8. The molecule has 0 aromatic carbocycles. The van der Waals surface area contributed by atoms with Crippen LogP contribution in [0.5, 0.6) is 6.01 Å². The Kier molecular flexibility index (Phi) is 6.68. The van der Waals surface area contributed by atoms with E-state index < -0.39 is 35.7 Å². The maximum atomic E-state index is 12.6. The maximum absolute atomic E-state index is 12.6. The van der Waals surface area contributed by atoms with Crippen molar-refractivity contribution in [1.29, 1.82) is 0 Å². The van der Waals surface area contributed by atoms with E-state index in [1.165, 1.54) is 27.9 Å². The fraction of sp³-hybridized carbons (Fsp3) is 0.474. The third-order valence-electron chi connectivity index (χ3n) is 3.96. The van der Waals surface area contributed by atoms with Crippen molar-refractivity contribution < 1.29 is 23.9 Å². The van der Waals surface area contributed by atoms with Crippen LogP contribution >= 0.6 is 0 Å². The molecule has 0 aliphatic carbocycles. The van der Waals surface area contributed by atoms with Crippen LogP contribution in [0.4, 0.5) is 9.59 Å². The molecule has 10 heteroatoms. The summed E-state index contributed by atoms with van der Waals surface area (Å²) in [5, 5.41) is 2.78. The van der Waals surface area contributed by atoms with Gasteiger partial charge in [0.15, 0.2) is 0 Å². The molecule has 0 spiro atoms. The molecule has 2 heterocycles. The highest BCUT2D eigenvalue weighted by atomic mass is 16.6. The van der Waals surface area contributed by atoms with E-state index in [1.54, 1.807) is 33.8 Å². The summed E-state index contributed by atoms with van der Waals surface area (Å²) in [5.74, 6) is -0.677. The van der Waals surface area contributed by atoms with Gasteiger partial charge in [-0.1, -0.05) is 18.7 Å². The van der Waals surface area contributed by atoms with Crippen molar-refractivity contribution >= 4 is 18.0 Å². The quantitative estimate of drug-likeness (QED) is 0.713. The lowest BCUT2D eigenvalue weighted by Gasteiger charge is -2.37. The van der Waals surface area contributed by atoms with E-state index in [0.29, 0.717) is 5.57 Å². The van der Waals surface area contributed by atoms with Gasteiger partial charge in [-0.2, -0.15) is 0 Å². The lowest BCUT2D eigenvalue weighted by Crippen LogP contribution is -2.57. The van der Waals surface area contributed by atoms with Crippen molar-refractivity contribution in [2.24, 2.45) is 5.73 Å². The lowest BCUT2D eigenvalue weighted by molar-refractivity contribution is -0.122. The minimum absolute atomic E-state index is 0.0170. The predicted octanol–water partition coefficient (Wildman–Crippen LogP) is 1.43. The molecule has 2 unspecified atom stereocenters. The fourth-order valence-electron chi connectivity index (χ4n) is 2.90. The van der Waals surface area contributed by atoms with E-state index in [2.05, 4.69) is 16.9 Å². The number of carbonyl (C=O) groups is 3. The van der Waals surface area contributed by atoms with Gasteiger partial charge in [0.25, 0.3) is 0 Å². The average Bonchev–Trinajstić information content (AvgIpc) is 3.06. The number of nitrogens with zero attached hydrogens (tertiary/aromatic N) is 3. The van der Waals surface area contributed by atoms with Gasteiger partial charge in [-0.05, 0) is 33.3 Å². The number of hydrogen-bond donors (Lipinski definition) is 2. The lowest BCUT2D eigenvalue weighted by atomic mass is 9.98. The van der Waals surface area contributed by atoms with E-state index in [-0.39, 0.29) is 19.2 Å². The number of amides is 3. The van der Waals surface area contributed by atoms with Crippen LogP contribution in [0.3, 0.4) is 0 Å². The Morgan fingerprint density at radius 2 is 2.10 bits per heavy atom. The first-order valence-corrected chi connectivity index (χ1v) is 9.08. The second-order valence-corrected chi connectivity index (χ2v) is 7.58. The van der Waals surface area contributed by atoms with Gasteiger partial charge in [-0.25, -0.2) is 19.1 Å². The van der Waals surface area contributed by atoms with Crippen LogP contribution in [0.1, 0.15) is 27.7 Å². The summed E-state index contributed by atoms with van der Waals surface area (Å²) in [5.41, 5.74) is 5.27. The maximum Gasteiger partial charge on any atom is 0.411 e. The van der Waals surface area contributed by atoms with Gasteiger partial charge in [-0.15, -0.1) is 0 Å². The Bertz CT molecular complexity index is 823. The first-order chi connectivity index (χ1) is 13.5. The molecule has 0 radical (unpaired) electrons. The van der Waals surface area contributed by atoms with Crippen molar-refractivity contribution in [1.82, 2.24) is 19.8 Å². The number of aromatic nitrogens is 2. The van der Waals surface area contributed by atoms with E-state index in [0.717, 1.165) is 0 Å². The topological polar surface area (TPSA) is 129 Å². The third kappa shape index (κ3) is 5.59. The minimum atomic E-state index is -0.947. The molecule has 3 N–H and O–H groups in total. The van der Waals surface area contributed by atoms with Crippen LogP contribution in [-0.4, -0.2) is 63.3 Å². The molecular weight excluding hydrogens is 378 g/mol. The molecule has 158 valence electrons. The SMILES string of the molecule is C=CCOc1nccn1C(=O)NC1C=C(C)C(C(N)=O)N(C(=O)OC(C)(C)C)C1. The summed E-state index contributed by atoms with van der Waals surface area (Å²) in [4.78, 5) is 42.4. The molecule has 0 saturated heterocycles. The molecule has 0 fully saturated rings. The molecule has 29 heavy (non-hydrogen) atoms. The second kappa shape index (κ2) is 8.80. The normalized spacial score (nSPS) is 19.2. The van der Waals surface area contributed by atoms with Gasteiger partial charge < -0.3 is 20.5 Å². The molecule has 2 rings (SSSR count). The van der Waals surface area contributed by atoms with Gasteiger partial charge >= 0.3 is 18.1 Å². The van der Waals surface area contributed by atoms with Gasteiger partial charge in [-0.3, -0.25) is 9.69 Å². The molecular formula is C19H27N5O5. The summed E-state index contributed by atoms with van der Waals surface area (Å²) in [6.07, 6.45) is 5.41. The first-order valence-electron chi connectivity index (χ1n) is 9.08. The third-order valence-corrected chi connectivity index (χ3v) is 3.96. The van der Waals surface area contributed by atoms with Crippen molar-refractivity contribution in [3.63, 3.8) is 0 Å². The molecule has 1 aliphatic rings. The Balaban J connectivity index is 2.20. The Labute approximate surface area is 169 Å². The van der Waals surface area contributed by atoms with Crippen molar-refractivity contribution in [2.45, 2.75) is 45.4 Å². The molecule has 1 aromatic heterocycles. The van der Waals surface area contributed by atoms with Crippen LogP contribution in [0.25, 0.3) is 0 Å². The molecule has 2 atom stereocenters. The Morgan fingerprint density at radius 1 is 1.41 bits per heavy atom. The fourth-order valence-corrected chi connectivity index (χ4v) is 2.90. The number of carbonyl (C=O) groups excluding carboxylic acids is 3. The minimum Gasteiger partial charge on any atom is -0.460 e. The predicted molar refractivity (Wildman–Crippen MR) is 105 cm³/mol. The van der Waals surface area contributed by atoms with Crippen LogP contribution in [0.2, 0.25) is 0 Å². The highest BCUT2D eigenvalue weighted by Gasteiger charge is 2.38. The number of ether oxygens (including phenoxy) is 2. The number of imidazole rings is 1. The van der Waals surface area contributed by atoms with Crippen LogP contribution in [-0.2, 0) is 9.53 Å². The second-order valence-electron chi connectivity index (χ2n) is 7.58. The molecule has 0 saturated carbocycles. The highest BCUT2D eigenvalue weighted by molar-refractivity contribution is 5.88. The van der Waals surface area contributed by atoms with Gasteiger partial charge in [0.05, 0.1) is 6.04 Å². The largest absolute Gasteiger partial charge is 0.460 e. The zero-order valence-corrected chi connectivity index (χ0v) is 17.0. The van der Waals surface area contributed by atoms with Crippen molar-refractivity contribution in [2.75, 3.05) is 13.2 Å². The molecule has 10 nitrogen and oxygen atoms in total. The molecule has 1 aromatic rings. The highest BCUT2D eigenvalue weighted by Crippen LogP contribution is 2.21. The van der Waals surface area contributed by atoms with E-state index in [1.807, 2.05) is 0 Å². The molecule has 0 bridgehead atoms.